The molecule has 0 atom stereocenters. The average molecular weight is 222 g/mol. The number of hydrogen-bond acceptors (Lipinski definition) is 4. The molecule has 4 heteroatoms. The number of rotatable bonds is 1. The molecule has 1 saturated heterocycles. The Labute approximate surface area is 97.7 Å². The lowest BCUT2D eigenvalue weighted by molar-refractivity contribution is 0.356. The van der Waals surface area contributed by atoms with Crippen LogP contribution >= 0.6 is 0 Å². The SMILES string of the molecule is Cc1cnc(N2CCCCC2(C)C)nc1.N. The van der Waals surface area contributed by atoms with Gasteiger partial charge in [-0.3, -0.25) is 0 Å². The first-order valence-corrected chi connectivity index (χ1v) is 5.66. The minimum absolute atomic E-state index is 0. The molecular weight excluding hydrogens is 200 g/mol. The molecule has 0 bridgehead atoms. The maximum absolute atomic E-state index is 4.41. The van der Waals surface area contributed by atoms with Gasteiger partial charge in [0.1, 0.15) is 0 Å². The van der Waals surface area contributed by atoms with Crippen molar-refractivity contribution in [3.8, 4) is 0 Å². The van der Waals surface area contributed by atoms with Gasteiger partial charge in [-0.15, -0.1) is 0 Å². The van der Waals surface area contributed by atoms with Crippen LogP contribution in [0.4, 0.5) is 5.95 Å². The van der Waals surface area contributed by atoms with Crippen molar-refractivity contribution >= 4 is 5.95 Å². The smallest absolute Gasteiger partial charge is 0.225 e. The second kappa shape index (κ2) is 4.78. The fourth-order valence-corrected chi connectivity index (χ4v) is 2.16. The van der Waals surface area contributed by atoms with Crippen molar-refractivity contribution in [3.05, 3.63) is 18.0 Å². The zero-order chi connectivity index (χ0) is 10.9. The molecule has 16 heavy (non-hydrogen) atoms. The van der Waals surface area contributed by atoms with Gasteiger partial charge in [0, 0.05) is 24.5 Å². The molecule has 2 rings (SSSR count). The molecule has 0 spiro atoms. The van der Waals surface area contributed by atoms with E-state index in [9.17, 15) is 0 Å². The van der Waals surface area contributed by atoms with Gasteiger partial charge in [0.2, 0.25) is 5.95 Å². The molecule has 1 aliphatic heterocycles. The molecule has 4 nitrogen and oxygen atoms in total. The van der Waals surface area contributed by atoms with Gasteiger partial charge in [-0.2, -0.15) is 0 Å². The number of anilines is 1. The predicted molar refractivity (Wildman–Crippen MR) is 67.1 cm³/mol. The molecular formula is C12H22N4. The minimum Gasteiger partial charge on any atom is -0.344 e. The summed E-state index contributed by atoms with van der Waals surface area (Å²) in [5, 5.41) is 0. The van der Waals surface area contributed by atoms with E-state index in [1.807, 2.05) is 19.3 Å². The number of piperidine rings is 1. The van der Waals surface area contributed by atoms with Crippen molar-refractivity contribution in [2.24, 2.45) is 0 Å². The highest BCUT2D eigenvalue weighted by Crippen LogP contribution is 2.29. The molecule has 1 fully saturated rings. The highest BCUT2D eigenvalue weighted by atomic mass is 15.3. The van der Waals surface area contributed by atoms with Gasteiger partial charge in [0.15, 0.2) is 0 Å². The van der Waals surface area contributed by atoms with Crippen LogP contribution in [0.2, 0.25) is 0 Å². The van der Waals surface area contributed by atoms with E-state index in [2.05, 4.69) is 28.7 Å². The van der Waals surface area contributed by atoms with E-state index in [0.29, 0.717) is 0 Å². The molecule has 90 valence electrons. The zero-order valence-electron chi connectivity index (χ0n) is 10.5. The van der Waals surface area contributed by atoms with Gasteiger partial charge in [0.25, 0.3) is 0 Å². The molecule has 0 unspecified atom stereocenters. The van der Waals surface area contributed by atoms with Gasteiger partial charge in [-0.05, 0) is 45.6 Å². The molecule has 0 radical (unpaired) electrons. The first kappa shape index (κ1) is 12.9. The van der Waals surface area contributed by atoms with Crippen molar-refractivity contribution < 1.29 is 0 Å². The monoisotopic (exact) mass is 222 g/mol. The van der Waals surface area contributed by atoms with Gasteiger partial charge in [-0.1, -0.05) is 0 Å². The largest absolute Gasteiger partial charge is 0.344 e. The quantitative estimate of drug-likeness (QED) is 0.793. The lowest BCUT2D eigenvalue weighted by Gasteiger charge is -2.42. The molecule has 2 heterocycles. The second-order valence-corrected chi connectivity index (χ2v) is 4.98. The number of nitrogens with zero attached hydrogens (tertiary/aromatic N) is 3. The van der Waals surface area contributed by atoms with E-state index in [-0.39, 0.29) is 11.7 Å². The fraction of sp³-hybridized carbons (Fsp3) is 0.667. The maximum Gasteiger partial charge on any atom is 0.225 e. The van der Waals surface area contributed by atoms with Crippen LogP contribution in [0.25, 0.3) is 0 Å². The number of hydrogen-bond donors (Lipinski definition) is 1. The van der Waals surface area contributed by atoms with E-state index in [1.54, 1.807) is 0 Å². The van der Waals surface area contributed by atoms with Crippen LogP contribution in [-0.2, 0) is 0 Å². The molecule has 1 aromatic rings. The number of aromatic nitrogens is 2. The molecule has 1 aliphatic rings. The first-order chi connectivity index (χ1) is 7.09. The Hall–Kier alpha value is -1.16. The van der Waals surface area contributed by atoms with E-state index >= 15 is 0 Å². The summed E-state index contributed by atoms with van der Waals surface area (Å²) < 4.78 is 0. The van der Waals surface area contributed by atoms with E-state index in [1.165, 1.54) is 19.3 Å². The summed E-state index contributed by atoms with van der Waals surface area (Å²) in [7, 11) is 0. The van der Waals surface area contributed by atoms with Gasteiger partial charge in [0.05, 0.1) is 0 Å². The topological polar surface area (TPSA) is 64.0 Å². The molecule has 0 amide bonds. The third kappa shape index (κ3) is 2.50. The van der Waals surface area contributed by atoms with Crippen molar-refractivity contribution in [1.29, 1.82) is 0 Å². The Kier molecular flexibility index (Phi) is 3.86. The third-order valence-electron chi connectivity index (χ3n) is 3.16. The summed E-state index contributed by atoms with van der Waals surface area (Å²) in [6.45, 7) is 7.64. The van der Waals surface area contributed by atoms with Crippen LogP contribution in [-0.4, -0.2) is 22.1 Å². The van der Waals surface area contributed by atoms with Crippen molar-refractivity contribution in [2.75, 3.05) is 11.4 Å². The standard InChI is InChI=1S/C12H19N3.H3N/c1-10-8-13-11(14-9-10)15-7-5-4-6-12(15,2)3;/h8-9H,4-7H2,1-3H3;1H3. The minimum atomic E-state index is 0. The fourth-order valence-electron chi connectivity index (χ4n) is 2.16. The highest BCUT2D eigenvalue weighted by Gasteiger charge is 2.31. The lowest BCUT2D eigenvalue weighted by atomic mass is 9.91. The normalized spacial score (nSPS) is 19.1. The first-order valence-electron chi connectivity index (χ1n) is 5.66. The summed E-state index contributed by atoms with van der Waals surface area (Å²) in [5.41, 5.74) is 1.32. The summed E-state index contributed by atoms with van der Waals surface area (Å²) >= 11 is 0. The highest BCUT2D eigenvalue weighted by molar-refractivity contribution is 5.34. The predicted octanol–water partition coefficient (Wildman–Crippen LogP) is 2.72. The van der Waals surface area contributed by atoms with Crippen LogP contribution in [0.3, 0.4) is 0 Å². The number of aryl methyl sites for hydroxylation is 1. The Morgan fingerprint density at radius 2 is 1.81 bits per heavy atom. The van der Waals surface area contributed by atoms with Crippen LogP contribution in [0.1, 0.15) is 38.7 Å². The van der Waals surface area contributed by atoms with E-state index < -0.39 is 0 Å². The lowest BCUT2D eigenvalue weighted by Crippen LogP contribution is -2.48. The van der Waals surface area contributed by atoms with Crippen LogP contribution in [0.15, 0.2) is 12.4 Å². The third-order valence-corrected chi connectivity index (χ3v) is 3.16. The van der Waals surface area contributed by atoms with Crippen LogP contribution in [0, 0.1) is 6.92 Å². The van der Waals surface area contributed by atoms with Crippen LogP contribution in [0.5, 0.6) is 0 Å². The summed E-state index contributed by atoms with van der Waals surface area (Å²) in [6, 6.07) is 0. The van der Waals surface area contributed by atoms with Crippen LogP contribution < -0.4 is 11.1 Å². The van der Waals surface area contributed by atoms with Crippen molar-refractivity contribution in [1.82, 2.24) is 16.1 Å². The molecule has 0 saturated carbocycles. The Morgan fingerprint density at radius 3 is 2.38 bits per heavy atom. The summed E-state index contributed by atoms with van der Waals surface area (Å²) in [6.07, 6.45) is 7.58. The van der Waals surface area contributed by atoms with Gasteiger partial charge < -0.3 is 11.1 Å². The van der Waals surface area contributed by atoms with Gasteiger partial charge in [-0.25, -0.2) is 9.97 Å². The Balaban J connectivity index is 0.00000128. The van der Waals surface area contributed by atoms with E-state index in [4.69, 9.17) is 0 Å². The van der Waals surface area contributed by atoms with Crippen molar-refractivity contribution in [3.63, 3.8) is 0 Å². The van der Waals surface area contributed by atoms with E-state index in [0.717, 1.165) is 18.1 Å². The molecule has 3 N–H and O–H groups in total. The summed E-state index contributed by atoms with van der Waals surface area (Å²) in [5.74, 6) is 0.880. The second-order valence-electron chi connectivity index (χ2n) is 4.98. The molecule has 0 aromatic carbocycles. The zero-order valence-corrected chi connectivity index (χ0v) is 10.5. The Bertz CT molecular complexity index is 331. The Morgan fingerprint density at radius 1 is 1.19 bits per heavy atom. The summed E-state index contributed by atoms with van der Waals surface area (Å²) in [4.78, 5) is 11.2. The maximum atomic E-state index is 4.41. The average Bonchev–Trinajstić information content (AvgIpc) is 2.19. The molecule has 1 aromatic heterocycles. The van der Waals surface area contributed by atoms with Crippen molar-refractivity contribution in [2.45, 2.75) is 45.6 Å². The molecule has 0 aliphatic carbocycles. The van der Waals surface area contributed by atoms with Gasteiger partial charge >= 0.3 is 0 Å².